The Hall–Kier alpha value is -3.65. The number of nitrogens with one attached hydrogen (secondary N) is 1. The molecule has 0 atom stereocenters. The van der Waals surface area contributed by atoms with Crippen LogP contribution in [0.2, 0.25) is 0 Å². The van der Waals surface area contributed by atoms with Gasteiger partial charge in [0.1, 0.15) is 11.5 Å². The molecule has 0 aliphatic rings. The molecule has 2 aromatic carbocycles. The van der Waals surface area contributed by atoms with Crippen molar-refractivity contribution in [2.75, 3.05) is 5.75 Å². The summed E-state index contributed by atoms with van der Waals surface area (Å²) < 4.78 is 7.28. The van der Waals surface area contributed by atoms with Gasteiger partial charge in [-0.05, 0) is 49.1 Å². The molecule has 1 N–H and O–H groups in total. The molecular weight excluding hydrogens is 458 g/mol. The van der Waals surface area contributed by atoms with E-state index in [0.29, 0.717) is 16.6 Å². The molecule has 0 spiro atoms. The number of aromatic nitrogens is 3. The van der Waals surface area contributed by atoms with Gasteiger partial charge in [-0.2, -0.15) is 5.10 Å². The lowest BCUT2D eigenvalue weighted by Gasteiger charge is -2.19. The van der Waals surface area contributed by atoms with E-state index in [4.69, 9.17) is 4.42 Å². The standard InChI is InChI=1S/C27H29N5O2S/c1-18-8-14-22(15-9-18)32-25(20-10-12-21(13-11-20)27(3,4)5)30-31-26(32)35-17-24(33)29-28-19(2)23-7-6-16-34-23/h6-16H,17H2,1-5H3,(H,29,33)/b28-19+. The molecule has 2 heterocycles. The van der Waals surface area contributed by atoms with Crippen LogP contribution in [0.3, 0.4) is 0 Å². The summed E-state index contributed by atoms with van der Waals surface area (Å²) in [4.78, 5) is 12.5. The van der Waals surface area contributed by atoms with Gasteiger partial charge in [0.2, 0.25) is 0 Å². The minimum absolute atomic E-state index is 0.0648. The van der Waals surface area contributed by atoms with Crippen LogP contribution in [0.4, 0.5) is 0 Å². The SMILES string of the molecule is C/C(=N\NC(=O)CSc1nnc(-c2ccc(C(C)(C)C)cc2)n1-c1ccc(C)cc1)c1ccco1. The van der Waals surface area contributed by atoms with E-state index in [1.807, 2.05) is 23.6 Å². The fourth-order valence-electron chi connectivity index (χ4n) is 3.44. The molecule has 0 unspecified atom stereocenters. The van der Waals surface area contributed by atoms with Crippen LogP contribution >= 0.6 is 11.8 Å². The van der Waals surface area contributed by atoms with Crippen LogP contribution < -0.4 is 5.43 Å². The summed E-state index contributed by atoms with van der Waals surface area (Å²) in [5, 5.41) is 13.6. The Labute approximate surface area is 209 Å². The average molecular weight is 488 g/mol. The lowest BCUT2D eigenvalue weighted by molar-refractivity contribution is -0.118. The van der Waals surface area contributed by atoms with E-state index < -0.39 is 0 Å². The first-order chi connectivity index (χ1) is 16.7. The van der Waals surface area contributed by atoms with Gasteiger partial charge in [-0.1, -0.05) is 74.5 Å². The predicted octanol–water partition coefficient (Wildman–Crippen LogP) is 5.77. The van der Waals surface area contributed by atoms with Gasteiger partial charge in [-0.3, -0.25) is 9.36 Å². The van der Waals surface area contributed by atoms with Crippen molar-refractivity contribution in [3.63, 3.8) is 0 Å². The lowest BCUT2D eigenvalue weighted by Crippen LogP contribution is -2.21. The summed E-state index contributed by atoms with van der Waals surface area (Å²) in [6.45, 7) is 10.4. The molecule has 7 nitrogen and oxygen atoms in total. The third kappa shape index (κ3) is 5.89. The lowest BCUT2D eigenvalue weighted by atomic mass is 9.87. The van der Waals surface area contributed by atoms with Crippen LogP contribution in [0, 0.1) is 6.92 Å². The van der Waals surface area contributed by atoms with Gasteiger partial charge in [0.25, 0.3) is 5.91 Å². The first-order valence-corrected chi connectivity index (χ1v) is 12.3. The normalized spacial score (nSPS) is 12.1. The van der Waals surface area contributed by atoms with Crippen LogP contribution in [-0.2, 0) is 10.2 Å². The van der Waals surface area contributed by atoms with Crippen LogP contribution in [0.25, 0.3) is 17.1 Å². The molecule has 0 radical (unpaired) electrons. The maximum absolute atomic E-state index is 12.5. The van der Waals surface area contributed by atoms with E-state index in [2.05, 4.69) is 77.9 Å². The third-order valence-corrected chi connectivity index (χ3v) is 6.42. The number of nitrogens with zero attached hydrogens (tertiary/aromatic N) is 4. The van der Waals surface area contributed by atoms with Crippen molar-refractivity contribution in [2.24, 2.45) is 5.10 Å². The van der Waals surface area contributed by atoms with E-state index in [-0.39, 0.29) is 17.1 Å². The van der Waals surface area contributed by atoms with Gasteiger partial charge in [0.05, 0.1) is 12.0 Å². The Balaban J connectivity index is 1.57. The summed E-state index contributed by atoms with van der Waals surface area (Å²) in [5.74, 6) is 1.24. The Morgan fingerprint density at radius 2 is 1.77 bits per heavy atom. The number of hydrogen-bond donors (Lipinski definition) is 1. The maximum atomic E-state index is 12.5. The molecular formula is C27H29N5O2S. The fraction of sp³-hybridized carbons (Fsp3) is 0.259. The second kappa shape index (κ2) is 10.3. The second-order valence-corrected chi connectivity index (χ2v) is 10.2. The van der Waals surface area contributed by atoms with E-state index in [1.54, 1.807) is 25.3 Å². The summed E-state index contributed by atoms with van der Waals surface area (Å²) in [5.41, 5.74) is 7.54. The first-order valence-electron chi connectivity index (χ1n) is 11.4. The van der Waals surface area contributed by atoms with E-state index in [1.165, 1.54) is 17.3 Å². The van der Waals surface area contributed by atoms with Gasteiger partial charge in [0, 0.05) is 11.3 Å². The predicted molar refractivity (Wildman–Crippen MR) is 140 cm³/mol. The largest absolute Gasteiger partial charge is 0.463 e. The van der Waals surface area contributed by atoms with Crippen molar-refractivity contribution in [3.8, 4) is 17.1 Å². The van der Waals surface area contributed by atoms with Gasteiger partial charge < -0.3 is 4.42 Å². The first kappa shape index (κ1) is 24.5. The number of amides is 1. The number of hydrazone groups is 1. The zero-order valence-corrected chi connectivity index (χ0v) is 21.4. The highest BCUT2D eigenvalue weighted by molar-refractivity contribution is 7.99. The monoisotopic (exact) mass is 487 g/mol. The van der Waals surface area contributed by atoms with Crippen LogP contribution in [0.5, 0.6) is 0 Å². The molecule has 8 heteroatoms. The highest BCUT2D eigenvalue weighted by atomic mass is 32.2. The van der Waals surface area contributed by atoms with Crippen LogP contribution in [0.1, 0.15) is 44.6 Å². The summed E-state index contributed by atoms with van der Waals surface area (Å²) >= 11 is 1.31. The maximum Gasteiger partial charge on any atom is 0.250 e. The number of rotatable bonds is 7. The molecule has 1 amide bonds. The Bertz CT molecular complexity index is 1320. The number of thioether (sulfide) groups is 1. The fourth-order valence-corrected chi connectivity index (χ4v) is 4.19. The van der Waals surface area contributed by atoms with E-state index >= 15 is 0 Å². The van der Waals surface area contributed by atoms with Gasteiger partial charge >= 0.3 is 0 Å². The zero-order valence-electron chi connectivity index (χ0n) is 20.6. The van der Waals surface area contributed by atoms with Gasteiger partial charge in [-0.25, -0.2) is 5.43 Å². The number of furan rings is 1. The quantitative estimate of drug-likeness (QED) is 0.203. The summed E-state index contributed by atoms with van der Waals surface area (Å²) in [6, 6.07) is 20.1. The van der Waals surface area contributed by atoms with Crippen LogP contribution in [-0.4, -0.2) is 32.1 Å². The van der Waals surface area contributed by atoms with Crippen molar-refractivity contribution in [1.82, 2.24) is 20.2 Å². The van der Waals surface area contributed by atoms with Crippen molar-refractivity contribution >= 4 is 23.4 Å². The second-order valence-electron chi connectivity index (χ2n) is 9.30. The molecule has 0 aliphatic heterocycles. The number of carbonyl (C=O) groups excluding carboxylic acids is 1. The molecule has 0 aliphatic carbocycles. The average Bonchev–Trinajstić information content (AvgIpc) is 3.52. The topological polar surface area (TPSA) is 85.3 Å². The number of benzene rings is 2. The molecule has 0 saturated heterocycles. The molecule has 4 aromatic rings. The summed E-state index contributed by atoms with van der Waals surface area (Å²) in [7, 11) is 0. The highest BCUT2D eigenvalue weighted by Crippen LogP contribution is 2.30. The highest BCUT2D eigenvalue weighted by Gasteiger charge is 2.19. The van der Waals surface area contributed by atoms with Crippen molar-refractivity contribution in [3.05, 3.63) is 83.8 Å². The molecule has 4 rings (SSSR count). The number of hydrogen-bond acceptors (Lipinski definition) is 6. The molecule has 35 heavy (non-hydrogen) atoms. The van der Waals surface area contributed by atoms with E-state index in [9.17, 15) is 4.79 Å². The minimum Gasteiger partial charge on any atom is -0.463 e. The smallest absolute Gasteiger partial charge is 0.250 e. The Morgan fingerprint density at radius 3 is 2.40 bits per heavy atom. The molecule has 0 bridgehead atoms. The number of aryl methyl sites for hydroxylation is 1. The molecule has 180 valence electrons. The zero-order chi connectivity index (χ0) is 25.0. The molecule has 0 saturated carbocycles. The van der Waals surface area contributed by atoms with Crippen molar-refractivity contribution in [1.29, 1.82) is 0 Å². The Morgan fingerprint density at radius 1 is 1.06 bits per heavy atom. The van der Waals surface area contributed by atoms with Crippen molar-refractivity contribution in [2.45, 2.75) is 45.2 Å². The summed E-state index contributed by atoms with van der Waals surface area (Å²) in [6.07, 6.45) is 1.57. The van der Waals surface area contributed by atoms with Crippen LogP contribution in [0.15, 0.2) is 81.6 Å². The Kier molecular flexibility index (Phi) is 7.21. The number of carbonyl (C=O) groups is 1. The third-order valence-electron chi connectivity index (χ3n) is 5.49. The minimum atomic E-state index is -0.240. The van der Waals surface area contributed by atoms with Crippen molar-refractivity contribution < 1.29 is 9.21 Å². The molecule has 2 aromatic heterocycles. The van der Waals surface area contributed by atoms with Gasteiger partial charge in [0.15, 0.2) is 11.0 Å². The van der Waals surface area contributed by atoms with E-state index in [0.717, 1.165) is 22.6 Å². The molecule has 0 fully saturated rings. The van der Waals surface area contributed by atoms with Gasteiger partial charge in [-0.15, -0.1) is 10.2 Å².